The molecule has 29 heteroatoms. The summed E-state index contributed by atoms with van der Waals surface area (Å²) in [5.41, 5.74) is 2.08. The maximum absolute atomic E-state index is 13.5. The summed E-state index contributed by atoms with van der Waals surface area (Å²) < 4.78 is 127. The van der Waals surface area contributed by atoms with Crippen molar-refractivity contribution in [3.05, 3.63) is 105 Å². The number of anilines is 4. The van der Waals surface area contributed by atoms with Crippen molar-refractivity contribution in [1.82, 2.24) is 9.44 Å². The van der Waals surface area contributed by atoms with Gasteiger partial charge in [0.05, 0.1) is 31.0 Å². The summed E-state index contributed by atoms with van der Waals surface area (Å²) in [6.07, 6.45) is 1.74. The number of hydrogen-bond donors (Lipinski definition) is 7. The number of hydrogen-bond acceptors (Lipinski definition) is 19. The molecule has 2 radical (unpaired) electrons. The van der Waals surface area contributed by atoms with Crippen LogP contribution in [0, 0.1) is 0 Å². The van der Waals surface area contributed by atoms with Crippen molar-refractivity contribution in [1.29, 1.82) is 0 Å². The van der Waals surface area contributed by atoms with Gasteiger partial charge in [0, 0.05) is 56.6 Å². The normalized spacial score (nSPS) is 14.9. The smallest absolute Gasteiger partial charge is 0.744 e. The van der Waals surface area contributed by atoms with Gasteiger partial charge in [-0.3, -0.25) is 20.4 Å². The summed E-state index contributed by atoms with van der Waals surface area (Å²) in [6.45, 7) is 0. The van der Waals surface area contributed by atoms with Gasteiger partial charge in [0.25, 0.3) is 0 Å². The molecule has 0 saturated carbocycles. The molecule has 330 valence electrons. The number of aromatic hydroxyl groups is 2. The van der Waals surface area contributed by atoms with E-state index in [9.17, 15) is 62.6 Å². The Kier molecular flexibility index (Phi) is 18.9. The van der Waals surface area contributed by atoms with E-state index in [1.807, 2.05) is 0 Å². The number of nitrogens with zero attached hydrogens (tertiary/aromatic N) is 2. The maximum atomic E-state index is 13.5. The van der Waals surface area contributed by atoms with Crippen molar-refractivity contribution < 1.29 is 156 Å². The van der Waals surface area contributed by atoms with Gasteiger partial charge < -0.3 is 24.6 Å². The molecule has 0 aromatic heterocycles. The zero-order valence-corrected chi connectivity index (χ0v) is 41.7. The molecule has 6 rings (SSSR count). The predicted octanol–water partition coefficient (Wildman–Crippen LogP) is -4.24. The standard InChI is InChI=1S/C34H29N7O14S4.2Cu.2Na/c1-35-56(46,47)21-5-9-27(42)25(15-21)38-40-31-29(58(50,51)52)13-17-11-19(3-7-23(17)33(31)44)37-20-4-8-24-18(12-20)14-30(59(53,54)55)32(34(24)45)41-39-26-16-22(6-10-28(26)43)57(48,49)36-2;;;;/h3-16,35-39,42-43H,1-2H3,(H,50,51,52)(H,53,54,55);;;;/q;;;2*+1/p-2/b40-31-,41-32-;;;;. The van der Waals surface area contributed by atoms with Gasteiger partial charge >= 0.3 is 59.1 Å². The topological polar surface area (TPSA) is 342 Å². The molecular formula is C34H27Cu2N7Na2O14S4. The molecule has 4 aromatic rings. The van der Waals surface area contributed by atoms with Crippen LogP contribution >= 0.6 is 0 Å². The molecular weight excluding hydrogens is 1030 g/mol. The van der Waals surface area contributed by atoms with Gasteiger partial charge in [-0.05, 0) is 110 Å². The van der Waals surface area contributed by atoms with Gasteiger partial charge in [0.2, 0.25) is 31.6 Å². The zero-order valence-electron chi connectivity index (χ0n) is 32.5. The summed E-state index contributed by atoms with van der Waals surface area (Å²) in [5.74, 6) is -3.11. The van der Waals surface area contributed by atoms with E-state index in [2.05, 4.69) is 35.8 Å². The van der Waals surface area contributed by atoms with Crippen LogP contribution in [0.4, 0.5) is 22.7 Å². The average molecular weight is 1060 g/mol. The minimum absolute atomic E-state index is 0. The zero-order chi connectivity index (χ0) is 43.2. The van der Waals surface area contributed by atoms with E-state index >= 15 is 0 Å². The van der Waals surface area contributed by atoms with E-state index < -0.39 is 84.6 Å². The molecule has 0 heterocycles. The fourth-order valence-electron chi connectivity index (χ4n) is 5.60. The maximum Gasteiger partial charge on any atom is 1.00 e. The number of sulfonamides is 2. The van der Waals surface area contributed by atoms with E-state index in [-0.39, 0.29) is 148 Å². The Morgan fingerprint density at radius 3 is 1.21 bits per heavy atom. The number of Topliss-reactive ketones (excluding diaryl/α,β-unsaturated/α-hetero) is 2. The van der Waals surface area contributed by atoms with Crippen molar-refractivity contribution >= 4 is 98.2 Å². The van der Waals surface area contributed by atoms with Crippen LogP contribution in [0.5, 0.6) is 11.5 Å². The summed E-state index contributed by atoms with van der Waals surface area (Å²) in [7, 11) is -16.4. The largest absolute Gasteiger partial charge is 1.00 e. The van der Waals surface area contributed by atoms with Crippen molar-refractivity contribution in [3.8, 4) is 11.5 Å². The van der Waals surface area contributed by atoms with Crippen LogP contribution in [0.1, 0.15) is 31.8 Å². The van der Waals surface area contributed by atoms with E-state index in [1.54, 1.807) is 0 Å². The number of phenolic OH excluding ortho intramolecular Hbond substituents is 2. The first-order chi connectivity index (χ1) is 27.5. The van der Waals surface area contributed by atoms with Crippen LogP contribution in [0.3, 0.4) is 0 Å². The molecule has 0 aliphatic heterocycles. The molecule has 0 unspecified atom stereocenters. The van der Waals surface area contributed by atoms with Crippen LogP contribution in [0.2, 0.25) is 0 Å². The Morgan fingerprint density at radius 1 is 0.540 bits per heavy atom. The third kappa shape index (κ3) is 12.1. The van der Waals surface area contributed by atoms with Gasteiger partial charge in [-0.2, -0.15) is 10.2 Å². The second kappa shape index (κ2) is 21.4. The van der Waals surface area contributed by atoms with Crippen LogP contribution in [0.15, 0.2) is 103 Å². The monoisotopic (exact) mass is 1060 g/mol. The number of phenols is 2. The molecule has 0 fully saturated rings. The van der Waals surface area contributed by atoms with Crippen LogP contribution in [-0.2, 0) is 74.4 Å². The van der Waals surface area contributed by atoms with Gasteiger partial charge in [0.1, 0.15) is 43.2 Å². The first kappa shape index (κ1) is 55.8. The number of nitrogens with one attached hydrogen (secondary N) is 5. The molecule has 2 aliphatic carbocycles. The molecule has 0 spiro atoms. The first-order valence-electron chi connectivity index (χ1n) is 16.2. The van der Waals surface area contributed by atoms with E-state index in [1.165, 1.54) is 36.4 Å². The quantitative estimate of drug-likeness (QED) is 0.0306. The molecule has 4 aromatic carbocycles. The van der Waals surface area contributed by atoms with E-state index in [0.717, 1.165) is 62.6 Å². The van der Waals surface area contributed by atoms with Gasteiger partial charge in [-0.15, -0.1) is 0 Å². The number of ketones is 2. The number of allylic oxidation sites excluding steroid dienone is 2. The minimum Gasteiger partial charge on any atom is -0.744 e. The minimum atomic E-state index is -5.38. The molecule has 63 heavy (non-hydrogen) atoms. The molecule has 21 nitrogen and oxygen atoms in total. The summed E-state index contributed by atoms with van der Waals surface area (Å²) in [4.78, 5) is 24.2. The SMILES string of the molecule is CNS(=O)(=O)c1ccc(O)c(N/N=C2\C(=O)c3ccc(Nc4ccc5c(c4)C=C(S(=O)(=O)[O-])/C(=N/Nc4cc(S(=O)(=O)NC)ccc4O)C5=O)cc3C=C2S(=O)(=O)[O-])c1.[Cu].[Cu].[Na+].[Na+]. The Morgan fingerprint density at radius 2 is 0.889 bits per heavy atom. The average Bonchev–Trinajstić information content (AvgIpc) is 3.17. The van der Waals surface area contributed by atoms with E-state index in [4.69, 9.17) is 0 Å². The fourth-order valence-corrected chi connectivity index (χ4v) is 8.41. The molecule has 0 atom stereocenters. The molecule has 7 N–H and O–H groups in total. The summed E-state index contributed by atoms with van der Waals surface area (Å²) in [5, 5.41) is 30.8. The third-order valence-corrected chi connectivity index (χ3v) is 13.1. The third-order valence-electron chi connectivity index (χ3n) is 8.56. The molecule has 0 bridgehead atoms. The van der Waals surface area contributed by atoms with Crippen molar-refractivity contribution in [2.45, 2.75) is 9.79 Å². The Balaban J connectivity index is 0.00000341. The second-order valence-electron chi connectivity index (χ2n) is 12.2. The second-order valence-corrected chi connectivity index (χ2v) is 18.7. The molecule has 0 amide bonds. The first-order valence-corrected chi connectivity index (χ1v) is 22.0. The summed E-state index contributed by atoms with van der Waals surface area (Å²) >= 11 is 0. The van der Waals surface area contributed by atoms with Crippen molar-refractivity contribution in [2.75, 3.05) is 30.3 Å². The Labute approximate surface area is 425 Å². The van der Waals surface area contributed by atoms with Crippen LogP contribution in [-0.4, -0.2) is 90.1 Å². The Hall–Kier alpha value is -3.28. The predicted molar refractivity (Wildman–Crippen MR) is 211 cm³/mol. The number of carbonyl (C=O) groups excluding carboxylic acids is 2. The van der Waals surface area contributed by atoms with Crippen molar-refractivity contribution in [2.24, 2.45) is 10.2 Å². The summed E-state index contributed by atoms with van der Waals surface area (Å²) in [6, 6.07) is 13.9. The number of hydrazone groups is 2. The number of benzene rings is 4. The number of carbonyl (C=O) groups is 2. The molecule has 2 aliphatic rings. The van der Waals surface area contributed by atoms with Gasteiger partial charge in [0.15, 0.2) is 0 Å². The number of fused-ring (bicyclic) bond motifs is 2. The van der Waals surface area contributed by atoms with E-state index in [0.29, 0.717) is 0 Å². The van der Waals surface area contributed by atoms with Crippen molar-refractivity contribution in [3.63, 3.8) is 0 Å². The number of rotatable bonds is 12. The fraction of sp³-hybridized carbons (Fsp3) is 0.0588. The van der Waals surface area contributed by atoms with Crippen LogP contribution in [0.25, 0.3) is 12.2 Å². The van der Waals surface area contributed by atoms with Gasteiger partial charge in [-0.25, -0.2) is 43.1 Å². The molecule has 0 saturated heterocycles. The van der Waals surface area contributed by atoms with Crippen LogP contribution < -0.4 is 84.7 Å². The van der Waals surface area contributed by atoms with Gasteiger partial charge in [-0.1, -0.05) is 0 Å². The Bertz CT molecular complexity index is 2910.